The highest BCUT2D eigenvalue weighted by Crippen LogP contribution is 2.39. The SMILES string of the molecule is Cc1cccc(C(=O)N[C@@H]2C(=O)Cc3c(c(C)nn3-c3ccccc3F)[C@@H]2c2ccc(F)cc2)c1. The minimum absolute atomic E-state index is 0.0268. The summed E-state index contributed by atoms with van der Waals surface area (Å²) in [5, 5.41) is 7.48. The molecule has 0 fully saturated rings. The first-order valence-electron chi connectivity index (χ1n) is 11.3. The fourth-order valence-electron chi connectivity index (χ4n) is 4.82. The zero-order chi connectivity index (χ0) is 24.7. The van der Waals surface area contributed by atoms with Gasteiger partial charge in [-0.25, -0.2) is 13.5 Å². The van der Waals surface area contributed by atoms with Crippen molar-refractivity contribution < 1.29 is 18.4 Å². The highest BCUT2D eigenvalue weighted by molar-refractivity contribution is 6.00. The Morgan fingerprint density at radius 2 is 1.74 bits per heavy atom. The van der Waals surface area contributed by atoms with E-state index in [4.69, 9.17) is 0 Å². The molecule has 1 aromatic heterocycles. The van der Waals surface area contributed by atoms with Crippen LogP contribution in [0, 0.1) is 25.5 Å². The maximum Gasteiger partial charge on any atom is 0.251 e. The molecule has 5 rings (SSSR count). The van der Waals surface area contributed by atoms with Crippen LogP contribution in [-0.4, -0.2) is 27.5 Å². The van der Waals surface area contributed by atoms with Crippen molar-refractivity contribution in [3.8, 4) is 5.69 Å². The third-order valence-electron chi connectivity index (χ3n) is 6.42. The van der Waals surface area contributed by atoms with Gasteiger partial charge in [-0.15, -0.1) is 0 Å². The topological polar surface area (TPSA) is 64.0 Å². The van der Waals surface area contributed by atoms with Crippen LogP contribution in [0.4, 0.5) is 8.78 Å². The van der Waals surface area contributed by atoms with Crippen molar-refractivity contribution >= 4 is 11.7 Å². The average molecular weight is 472 g/mol. The molecular formula is C28H23F2N3O2. The summed E-state index contributed by atoms with van der Waals surface area (Å²) in [5.74, 6) is -2.08. The van der Waals surface area contributed by atoms with Crippen molar-refractivity contribution in [1.29, 1.82) is 0 Å². The Kier molecular flexibility index (Phi) is 5.76. The standard InChI is InChI=1S/C28H23F2N3O2/c1-16-6-5-7-19(14-16)28(35)31-27-24(34)15-23-25(26(27)18-10-12-20(29)13-11-18)17(2)32-33(23)22-9-4-3-8-21(22)30/h3-14,26-27H,15H2,1-2H3,(H,31,35)/t26-,27+/m0/s1. The largest absolute Gasteiger partial charge is 0.341 e. The Labute approximate surface area is 201 Å². The van der Waals surface area contributed by atoms with Gasteiger partial charge >= 0.3 is 0 Å². The third-order valence-corrected chi connectivity index (χ3v) is 6.42. The van der Waals surface area contributed by atoms with E-state index in [9.17, 15) is 18.4 Å². The minimum Gasteiger partial charge on any atom is -0.341 e. The van der Waals surface area contributed by atoms with Gasteiger partial charge in [0.1, 0.15) is 17.3 Å². The number of nitrogens with zero attached hydrogens (tertiary/aromatic N) is 2. The molecule has 5 nitrogen and oxygen atoms in total. The molecule has 1 amide bonds. The summed E-state index contributed by atoms with van der Waals surface area (Å²) in [5.41, 5.74) is 4.17. The van der Waals surface area contributed by atoms with Crippen LogP contribution < -0.4 is 5.32 Å². The number of fused-ring (bicyclic) bond motifs is 1. The summed E-state index contributed by atoms with van der Waals surface area (Å²) >= 11 is 0. The Hall–Kier alpha value is -4.13. The quantitative estimate of drug-likeness (QED) is 0.464. The molecule has 3 aromatic carbocycles. The number of amides is 1. The van der Waals surface area contributed by atoms with Gasteiger partial charge < -0.3 is 5.32 Å². The first-order chi connectivity index (χ1) is 16.8. The first-order valence-corrected chi connectivity index (χ1v) is 11.3. The molecule has 7 heteroatoms. The van der Waals surface area contributed by atoms with Crippen molar-refractivity contribution in [3.63, 3.8) is 0 Å². The summed E-state index contributed by atoms with van der Waals surface area (Å²) in [6, 6.07) is 18.3. The van der Waals surface area contributed by atoms with Crippen LogP contribution in [0.1, 0.15) is 44.4 Å². The highest BCUT2D eigenvalue weighted by atomic mass is 19.1. The second-order valence-electron chi connectivity index (χ2n) is 8.80. The number of ketones is 1. The predicted molar refractivity (Wildman–Crippen MR) is 128 cm³/mol. The lowest BCUT2D eigenvalue weighted by molar-refractivity contribution is -0.121. The molecule has 35 heavy (non-hydrogen) atoms. The van der Waals surface area contributed by atoms with Crippen molar-refractivity contribution in [2.24, 2.45) is 0 Å². The smallest absolute Gasteiger partial charge is 0.251 e. The van der Waals surface area contributed by atoms with Crippen LogP contribution in [0.5, 0.6) is 0 Å². The fraction of sp³-hybridized carbons (Fsp3) is 0.179. The molecule has 0 aliphatic heterocycles. The maximum atomic E-state index is 14.6. The van der Waals surface area contributed by atoms with Crippen LogP contribution in [-0.2, 0) is 11.2 Å². The normalized spacial score (nSPS) is 17.2. The summed E-state index contributed by atoms with van der Waals surface area (Å²) < 4.78 is 29.9. The Bertz CT molecular complexity index is 1440. The van der Waals surface area contributed by atoms with E-state index in [1.807, 2.05) is 13.0 Å². The van der Waals surface area contributed by atoms with E-state index in [1.165, 1.54) is 22.9 Å². The lowest BCUT2D eigenvalue weighted by Gasteiger charge is -2.32. The number of rotatable bonds is 4. The van der Waals surface area contributed by atoms with Crippen LogP contribution in [0.25, 0.3) is 5.69 Å². The summed E-state index contributed by atoms with van der Waals surface area (Å²) in [6.07, 6.45) is -0.0268. The van der Waals surface area contributed by atoms with Gasteiger partial charge in [0.15, 0.2) is 5.78 Å². The molecule has 1 aliphatic carbocycles. The molecule has 0 saturated heterocycles. The second kappa shape index (κ2) is 8.91. The van der Waals surface area contributed by atoms with E-state index in [0.717, 1.165) is 11.1 Å². The Morgan fingerprint density at radius 3 is 2.46 bits per heavy atom. The predicted octanol–water partition coefficient (Wildman–Crippen LogP) is 4.82. The van der Waals surface area contributed by atoms with Gasteiger partial charge in [0.25, 0.3) is 5.91 Å². The molecule has 0 radical (unpaired) electrons. The van der Waals surface area contributed by atoms with E-state index in [2.05, 4.69) is 10.4 Å². The number of halogens is 2. The van der Waals surface area contributed by atoms with Crippen molar-refractivity contribution in [1.82, 2.24) is 15.1 Å². The average Bonchev–Trinajstić information content (AvgIpc) is 3.16. The van der Waals surface area contributed by atoms with Crippen molar-refractivity contribution in [3.05, 3.63) is 118 Å². The van der Waals surface area contributed by atoms with Gasteiger partial charge in [-0.1, -0.05) is 42.0 Å². The molecule has 0 unspecified atom stereocenters. The number of aryl methyl sites for hydroxylation is 2. The zero-order valence-corrected chi connectivity index (χ0v) is 19.3. The number of carbonyl (C=O) groups is 2. The van der Waals surface area contributed by atoms with Gasteiger partial charge in [-0.05, 0) is 55.8 Å². The number of aromatic nitrogens is 2. The summed E-state index contributed by atoms with van der Waals surface area (Å²) in [6.45, 7) is 3.68. The van der Waals surface area contributed by atoms with Crippen molar-refractivity contribution in [2.45, 2.75) is 32.2 Å². The number of para-hydroxylation sites is 1. The molecule has 0 bridgehead atoms. The van der Waals surface area contributed by atoms with Gasteiger partial charge in [-0.2, -0.15) is 5.10 Å². The molecule has 0 saturated carbocycles. The number of hydrogen-bond donors (Lipinski definition) is 1. The molecule has 1 aliphatic rings. The summed E-state index contributed by atoms with van der Waals surface area (Å²) in [4.78, 5) is 26.6. The molecule has 4 aromatic rings. The fourth-order valence-corrected chi connectivity index (χ4v) is 4.82. The number of nitrogens with one attached hydrogen (secondary N) is 1. The second-order valence-corrected chi connectivity index (χ2v) is 8.80. The van der Waals surface area contributed by atoms with Crippen LogP contribution >= 0.6 is 0 Å². The monoisotopic (exact) mass is 471 g/mol. The minimum atomic E-state index is -0.891. The maximum absolute atomic E-state index is 14.6. The number of Topliss-reactive ketones (excluding diaryl/α,β-unsaturated/α-hetero) is 1. The number of benzene rings is 3. The van der Waals surface area contributed by atoms with E-state index < -0.39 is 23.6 Å². The lowest BCUT2D eigenvalue weighted by Crippen LogP contribution is -2.48. The Balaban J connectivity index is 1.63. The molecular weight excluding hydrogens is 448 g/mol. The first kappa shape index (κ1) is 22.7. The van der Waals surface area contributed by atoms with Gasteiger partial charge in [0, 0.05) is 17.0 Å². The van der Waals surface area contributed by atoms with E-state index in [-0.39, 0.29) is 23.8 Å². The van der Waals surface area contributed by atoms with Crippen LogP contribution in [0.3, 0.4) is 0 Å². The number of hydrogen-bond acceptors (Lipinski definition) is 3. The summed E-state index contributed by atoms with van der Waals surface area (Å²) in [7, 11) is 0. The molecule has 176 valence electrons. The van der Waals surface area contributed by atoms with Crippen molar-refractivity contribution in [2.75, 3.05) is 0 Å². The molecule has 1 N–H and O–H groups in total. The Morgan fingerprint density at radius 1 is 1.00 bits per heavy atom. The number of carbonyl (C=O) groups excluding carboxylic acids is 2. The van der Waals surface area contributed by atoms with E-state index in [0.29, 0.717) is 22.5 Å². The lowest BCUT2D eigenvalue weighted by atomic mass is 9.76. The third kappa shape index (κ3) is 4.14. The van der Waals surface area contributed by atoms with E-state index >= 15 is 0 Å². The molecule has 1 heterocycles. The van der Waals surface area contributed by atoms with E-state index in [1.54, 1.807) is 55.5 Å². The highest BCUT2D eigenvalue weighted by Gasteiger charge is 2.41. The molecule has 2 atom stereocenters. The van der Waals surface area contributed by atoms with Gasteiger partial charge in [0.05, 0.1) is 23.9 Å². The van der Waals surface area contributed by atoms with Crippen LogP contribution in [0.15, 0.2) is 72.8 Å². The van der Waals surface area contributed by atoms with Crippen LogP contribution in [0.2, 0.25) is 0 Å². The molecule has 0 spiro atoms. The zero-order valence-electron chi connectivity index (χ0n) is 19.3. The van der Waals surface area contributed by atoms with Gasteiger partial charge in [0.2, 0.25) is 0 Å². The van der Waals surface area contributed by atoms with Gasteiger partial charge in [-0.3, -0.25) is 9.59 Å².